The van der Waals surface area contributed by atoms with Crippen LogP contribution in [0.5, 0.6) is 0 Å². The molecule has 1 unspecified atom stereocenters. The molecular formula is C11H13ClFNO2. The summed E-state index contributed by atoms with van der Waals surface area (Å²) < 4.78 is 13.3. The van der Waals surface area contributed by atoms with E-state index in [2.05, 4.69) is 5.32 Å². The van der Waals surface area contributed by atoms with Crippen LogP contribution in [-0.2, 0) is 0 Å². The van der Waals surface area contributed by atoms with Gasteiger partial charge in [-0.25, -0.2) is 4.39 Å². The van der Waals surface area contributed by atoms with Crippen molar-refractivity contribution < 1.29 is 14.3 Å². The van der Waals surface area contributed by atoms with E-state index >= 15 is 0 Å². The molecule has 2 N–H and O–H groups in total. The molecule has 1 aromatic rings. The molecule has 1 rings (SSSR count). The number of aliphatic hydroxyl groups is 1. The van der Waals surface area contributed by atoms with Crippen molar-refractivity contribution in [1.82, 2.24) is 5.32 Å². The molecule has 0 aliphatic heterocycles. The average Bonchev–Trinajstić information content (AvgIpc) is 2.28. The van der Waals surface area contributed by atoms with Crippen LogP contribution in [0.3, 0.4) is 0 Å². The molecular weight excluding hydrogens is 233 g/mol. The molecule has 0 spiro atoms. The van der Waals surface area contributed by atoms with Crippen LogP contribution in [0.25, 0.3) is 0 Å². The third kappa shape index (κ3) is 3.47. The maximum Gasteiger partial charge on any atom is 0.254 e. The van der Waals surface area contributed by atoms with Gasteiger partial charge in [-0.1, -0.05) is 18.5 Å². The minimum Gasteiger partial charge on any atom is -0.396 e. The first-order valence-corrected chi connectivity index (χ1v) is 5.26. The number of hydrogen-bond donors (Lipinski definition) is 2. The first-order chi connectivity index (χ1) is 7.54. The minimum atomic E-state index is -0.612. The zero-order valence-electron chi connectivity index (χ0n) is 8.84. The van der Waals surface area contributed by atoms with Crippen molar-refractivity contribution >= 4 is 17.5 Å². The van der Waals surface area contributed by atoms with Crippen LogP contribution in [0.15, 0.2) is 18.2 Å². The van der Waals surface area contributed by atoms with Gasteiger partial charge in [0.25, 0.3) is 5.91 Å². The van der Waals surface area contributed by atoms with Gasteiger partial charge in [0.05, 0.1) is 5.56 Å². The Labute approximate surface area is 98.2 Å². The Balaban J connectivity index is 2.69. The maximum atomic E-state index is 13.3. The number of halogens is 2. The van der Waals surface area contributed by atoms with Crippen LogP contribution in [0.4, 0.5) is 4.39 Å². The van der Waals surface area contributed by atoms with Crippen LogP contribution in [0, 0.1) is 11.7 Å². The lowest BCUT2D eigenvalue weighted by atomic mass is 10.1. The third-order valence-corrected chi connectivity index (χ3v) is 2.33. The highest BCUT2D eigenvalue weighted by Gasteiger charge is 2.12. The van der Waals surface area contributed by atoms with Gasteiger partial charge in [-0.2, -0.15) is 0 Å². The molecule has 0 aliphatic carbocycles. The summed E-state index contributed by atoms with van der Waals surface area (Å²) in [5, 5.41) is 11.6. The van der Waals surface area contributed by atoms with E-state index in [1.165, 1.54) is 12.1 Å². The first-order valence-electron chi connectivity index (χ1n) is 4.88. The summed E-state index contributed by atoms with van der Waals surface area (Å²) in [7, 11) is 0. The zero-order chi connectivity index (χ0) is 12.1. The molecule has 16 heavy (non-hydrogen) atoms. The van der Waals surface area contributed by atoms with Gasteiger partial charge in [0, 0.05) is 18.2 Å². The Morgan fingerprint density at radius 1 is 1.62 bits per heavy atom. The van der Waals surface area contributed by atoms with E-state index in [4.69, 9.17) is 16.7 Å². The lowest BCUT2D eigenvalue weighted by Crippen LogP contribution is -2.30. The molecule has 1 amide bonds. The van der Waals surface area contributed by atoms with E-state index in [9.17, 15) is 9.18 Å². The summed E-state index contributed by atoms with van der Waals surface area (Å²) in [5.74, 6) is -1.20. The number of aliphatic hydroxyl groups excluding tert-OH is 1. The van der Waals surface area contributed by atoms with E-state index < -0.39 is 11.7 Å². The summed E-state index contributed by atoms with van der Waals surface area (Å²) in [6.45, 7) is 2.04. The molecule has 0 fully saturated rings. The molecule has 0 aromatic heterocycles. The Hall–Kier alpha value is -1.13. The second-order valence-electron chi connectivity index (χ2n) is 3.62. The van der Waals surface area contributed by atoms with Crippen molar-refractivity contribution in [2.24, 2.45) is 5.92 Å². The Morgan fingerprint density at radius 3 is 2.94 bits per heavy atom. The highest BCUT2D eigenvalue weighted by Crippen LogP contribution is 2.14. The zero-order valence-corrected chi connectivity index (χ0v) is 9.59. The van der Waals surface area contributed by atoms with Crippen LogP contribution in [0.2, 0.25) is 5.02 Å². The standard InChI is InChI=1S/C11H13ClFNO2/c1-7(6-15)5-14-11(16)9-4-8(12)2-3-10(9)13/h2-4,7,15H,5-6H2,1H3,(H,14,16). The normalized spacial score (nSPS) is 12.2. The molecule has 0 saturated carbocycles. The first kappa shape index (κ1) is 12.9. The fourth-order valence-electron chi connectivity index (χ4n) is 1.10. The Bertz CT molecular complexity index is 384. The Morgan fingerprint density at radius 2 is 2.31 bits per heavy atom. The summed E-state index contributed by atoms with van der Waals surface area (Å²) in [6, 6.07) is 3.80. The fourth-order valence-corrected chi connectivity index (χ4v) is 1.27. The SMILES string of the molecule is CC(CO)CNC(=O)c1cc(Cl)ccc1F. The minimum absolute atomic E-state index is 0.0295. The molecule has 3 nitrogen and oxygen atoms in total. The highest BCUT2D eigenvalue weighted by atomic mass is 35.5. The van der Waals surface area contributed by atoms with Gasteiger partial charge in [0.2, 0.25) is 0 Å². The summed E-state index contributed by atoms with van der Waals surface area (Å²) >= 11 is 5.66. The lowest BCUT2D eigenvalue weighted by molar-refractivity contribution is 0.0938. The molecule has 0 saturated heterocycles. The van der Waals surface area contributed by atoms with E-state index in [0.717, 1.165) is 6.07 Å². The lowest BCUT2D eigenvalue weighted by Gasteiger charge is -2.10. The molecule has 1 atom stereocenters. The van der Waals surface area contributed by atoms with Crippen LogP contribution >= 0.6 is 11.6 Å². The van der Waals surface area contributed by atoms with Crippen LogP contribution in [0.1, 0.15) is 17.3 Å². The smallest absolute Gasteiger partial charge is 0.254 e. The van der Waals surface area contributed by atoms with Crippen molar-refractivity contribution in [3.63, 3.8) is 0 Å². The van der Waals surface area contributed by atoms with E-state index in [0.29, 0.717) is 11.6 Å². The van der Waals surface area contributed by atoms with Gasteiger partial charge in [0.15, 0.2) is 0 Å². The van der Waals surface area contributed by atoms with Crippen molar-refractivity contribution in [2.75, 3.05) is 13.2 Å². The number of hydrogen-bond acceptors (Lipinski definition) is 2. The highest BCUT2D eigenvalue weighted by molar-refractivity contribution is 6.30. The summed E-state index contributed by atoms with van der Waals surface area (Å²) in [4.78, 5) is 11.5. The number of amides is 1. The molecule has 0 heterocycles. The second-order valence-corrected chi connectivity index (χ2v) is 4.06. The van der Waals surface area contributed by atoms with E-state index in [1.807, 2.05) is 0 Å². The van der Waals surface area contributed by atoms with Gasteiger partial charge in [-0.15, -0.1) is 0 Å². The molecule has 5 heteroatoms. The van der Waals surface area contributed by atoms with Gasteiger partial charge in [0.1, 0.15) is 5.82 Å². The third-order valence-electron chi connectivity index (χ3n) is 2.10. The number of nitrogens with one attached hydrogen (secondary N) is 1. The van der Waals surface area contributed by atoms with Crippen molar-refractivity contribution in [3.8, 4) is 0 Å². The largest absolute Gasteiger partial charge is 0.396 e. The summed E-state index contributed by atoms with van der Waals surface area (Å²) in [5.41, 5.74) is -0.0855. The molecule has 88 valence electrons. The maximum absolute atomic E-state index is 13.3. The van der Waals surface area contributed by atoms with Crippen molar-refractivity contribution in [2.45, 2.75) is 6.92 Å². The molecule has 0 aliphatic rings. The van der Waals surface area contributed by atoms with E-state index in [1.54, 1.807) is 6.92 Å². The summed E-state index contributed by atoms with van der Waals surface area (Å²) in [6.07, 6.45) is 0. The fraction of sp³-hybridized carbons (Fsp3) is 0.364. The predicted octanol–water partition coefficient (Wildman–Crippen LogP) is 1.84. The van der Waals surface area contributed by atoms with Gasteiger partial charge in [-0.3, -0.25) is 4.79 Å². The number of rotatable bonds is 4. The van der Waals surface area contributed by atoms with Gasteiger partial charge < -0.3 is 10.4 Å². The van der Waals surface area contributed by atoms with Crippen molar-refractivity contribution in [3.05, 3.63) is 34.6 Å². The molecule has 0 radical (unpaired) electrons. The van der Waals surface area contributed by atoms with Gasteiger partial charge in [-0.05, 0) is 24.1 Å². The topological polar surface area (TPSA) is 49.3 Å². The second kappa shape index (κ2) is 5.82. The quantitative estimate of drug-likeness (QED) is 0.850. The number of benzene rings is 1. The van der Waals surface area contributed by atoms with Gasteiger partial charge >= 0.3 is 0 Å². The molecule has 0 bridgehead atoms. The van der Waals surface area contributed by atoms with Crippen LogP contribution in [-0.4, -0.2) is 24.2 Å². The monoisotopic (exact) mass is 245 g/mol. The number of carbonyl (C=O) groups is 1. The van der Waals surface area contributed by atoms with E-state index in [-0.39, 0.29) is 18.1 Å². The van der Waals surface area contributed by atoms with Crippen LogP contribution < -0.4 is 5.32 Å². The predicted molar refractivity (Wildman–Crippen MR) is 60.0 cm³/mol. The Kier molecular flexibility index (Phi) is 4.71. The number of carbonyl (C=O) groups excluding carboxylic acids is 1. The molecule has 1 aromatic carbocycles. The average molecular weight is 246 g/mol. The van der Waals surface area contributed by atoms with Crippen molar-refractivity contribution in [1.29, 1.82) is 0 Å².